The summed E-state index contributed by atoms with van der Waals surface area (Å²) in [6, 6.07) is 0. The summed E-state index contributed by atoms with van der Waals surface area (Å²) in [4.78, 5) is 0. The van der Waals surface area contributed by atoms with Gasteiger partial charge in [-0.25, -0.2) is 0 Å². The third kappa shape index (κ3) is 3.53. The first-order valence-corrected chi connectivity index (χ1v) is 13.5. The van der Waals surface area contributed by atoms with Crippen molar-refractivity contribution in [3.8, 4) is 0 Å². The molecule has 8 atom stereocenters. The first kappa shape index (κ1) is 21.5. The standard InChI is InChI=1S/C28H46O2/c1-27-17-15-25-23(12-10-21-18-22(29)14-16-28(21,25)2)24(27)13-11-20(27)8-5-9-26(30)19-6-3-4-7-19/h10,19-20,22-26,29-30H,3-9,11-18H2,1-2H3. The topological polar surface area (TPSA) is 40.5 Å². The summed E-state index contributed by atoms with van der Waals surface area (Å²) in [6.45, 7) is 5.19. The van der Waals surface area contributed by atoms with E-state index in [1.54, 1.807) is 5.57 Å². The fraction of sp³-hybridized carbons (Fsp3) is 0.929. The van der Waals surface area contributed by atoms with Gasteiger partial charge in [0.15, 0.2) is 0 Å². The molecule has 0 aliphatic heterocycles. The lowest BCUT2D eigenvalue weighted by molar-refractivity contribution is -0.0512. The predicted octanol–water partition coefficient (Wildman–Crippen LogP) is 6.65. The SMILES string of the molecule is CC12CCC(O)CC1=CCC1C2CCC2(C)C(CCCC(O)C3CCCC3)CCC12. The van der Waals surface area contributed by atoms with Gasteiger partial charge in [-0.15, -0.1) is 0 Å². The molecular weight excluding hydrogens is 368 g/mol. The normalized spacial score (nSPS) is 47.3. The van der Waals surface area contributed by atoms with Crippen LogP contribution >= 0.6 is 0 Å². The fourth-order valence-electron chi connectivity index (χ4n) is 9.38. The second-order valence-corrected chi connectivity index (χ2v) is 12.5. The molecular formula is C28H46O2. The zero-order chi connectivity index (χ0) is 20.9. The Bertz CT molecular complexity index is 649. The lowest BCUT2D eigenvalue weighted by Gasteiger charge is -2.58. The molecule has 4 saturated carbocycles. The van der Waals surface area contributed by atoms with Gasteiger partial charge in [-0.3, -0.25) is 0 Å². The third-order valence-corrected chi connectivity index (χ3v) is 11.3. The number of allylic oxidation sites excluding steroid dienone is 1. The van der Waals surface area contributed by atoms with Crippen LogP contribution in [0.25, 0.3) is 0 Å². The molecule has 2 heteroatoms. The van der Waals surface area contributed by atoms with Crippen LogP contribution in [-0.2, 0) is 0 Å². The third-order valence-electron chi connectivity index (χ3n) is 11.3. The highest BCUT2D eigenvalue weighted by Crippen LogP contribution is 2.66. The van der Waals surface area contributed by atoms with Crippen molar-refractivity contribution in [1.29, 1.82) is 0 Å². The molecule has 0 bridgehead atoms. The van der Waals surface area contributed by atoms with E-state index >= 15 is 0 Å². The second-order valence-electron chi connectivity index (χ2n) is 12.5. The molecule has 0 heterocycles. The van der Waals surface area contributed by atoms with Gasteiger partial charge in [-0.1, -0.05) is 44.8 Å². The van der Waals surface area contributed by atoms with Crippen LogP contribution in [0.5, 0.6) is 0 Å². The maximum absolute atomic E-state index is 10.6. The number of hydrogen-bond donors (Lipinski definition) is 2. The summed E-state index contributed by atoms with van der Waals surface area (Å²) < 4.78 is 0. The lowest BCUT2D eigenvalue weighted by Crippen LogP contribution is -2.50. The number of hydrogen-bond acceptors (Lipinski definition) is 2. The molecule has 4 fully saturated rings. The lowest BCUT2D eigenvalue weighted by atomic mass is 9.47. The summed E-state index contributed by atoms with van der Waals surface area (Å²) in [7, 11) is 0. The molecule has 0 saturated heterocycles. The van der Waals surface area contributed by atoms with Crippen molar-refractivity contribution < 1.29 is 10.2 Å². The number of aliphatic hydroxyl groups is 2. The molecule has 2 nitrogen and oxygen atoms in total. The Morgan fingerprint density at radius 1 is 1.00 bits per heavy atom. The largest absolute Gasteiger partial charge is 0.393 e. The molecule has 2 N–H and O–H groups in total. The van der Waals surface area contributed by atoms with E-state index in [1.807, 2.05) is 0 Å². The highest BCUT2D eigenvalue weighted by Gasteiger charge is 2.58. The Kier molecular flexibility index (Phi) is 5.89. The fourth-order valence-corrected chi connectivity index (χ4v) is 9.38. The molecule has 0 amide bonds. The highest BCUT2D eigenvalue weighted by molar-refractivity contribution is 5.25. The Balaban J connectivity index is 1.23. The molecule has 8 unspecified atom stereocenters. The molecule has 5 aliphatic rings. The maximum atomic E-state index is 10.6. The highest BCUT2D eigenvalue weighted by atomic mass is 16.3. The minimum Gasteiger partial charge on any atom is -0.393 e. The summed E-state index contributed by atoms with van der Waals surface area (Å²) in [5, 5.41) is 20.8. The van der Waals surface area contributed by atoms with Gasteiger partial charge in [0, 0.05) is 0 Å². The van der Waals surface area contributed by atoms with Crippen molar-refractivity contribution in [3.63, 3.8) is 0 Å². The number of aliphatic hydroxyl groups excluding tert-OH is 2. The van der Waals surface area contributed by atoms with E-state index in [0.29, 0.717) is 16.7 Å². The number of rotatable bonds is 5. The molecule has 30 heavy (non-hydrogen) atoms. The van der Waals surface area contributed by atoms with E-state index in [-0.39, 0.29) is 12.2 Å². The minimum atomic E-state index is -0.0924. The molecule has 0 aromatic rings. The van der Waals surface area contributed by atoms with Gasteiger partial charge in [0.25, 0.3) is 0 Å². The smallest absolute Gasteiger partial charge is 0.0577 e. The average molecular weight is 415 g/mol. The molecule has 0 aromatic heterocycles. The first-order chi connectivity index (χ1) is 14.4. The van der Waals surface area contributed by atoms with Crippen molar-refractivity contribution in [2.24, 2.45) is 40.4 Å². The Morgan fingerprint density at radius 2 is 1.80 bits per heavy atom. The van der Waals surface area contributed by atoms with Gasteiger partial charge >= 0.3 is 0 Å². The minimum absolute atomic E-state index is 0.0308. The van der Waals surface area contributed by atoms with E-state index in [0.717, 1.165) is 42.9 Å². The molecule has 0 radical (unpaired) electrons. The van der Waals surface area contributed by atoms with Gasteiger partial charge in [0.1, 0.15) is 0 Å². The monoisotopic (exact) mass is 414 g/mol. The first-order valence-electron chi connectivity index (χ1n) is 13.5. The quantitative estimate of drug-likeness (QED) is 0.495. The zero-order valence-corrected chi connectivity index (χ0v) is 19.6. The Morgan fingerprint density at radius 3 is 2.60 bits per heavy atom. The van der Waals surface area contributed by atoms with Gasteiger partial charge < -0.3 is 10.2 Å². The predicted molar refractivity (Wildman–Crippen MR) is 123 cm³/mol. The van der Waals surface area contributed by atoms with E-state index in [2.05, 4.69) is 19.9 Å². The van der Waals surface area contributed by atoms with Crippen LogP contribution in [0.2, 0.25) is 0 Å². The number of fused-ring (bicyclic) bond motifs is 5. The molecule has 0 spiro atoms. The van der Waals surface area contributed by atoms with Gasteiger partial charge in [0.05, 0.1) is 12.2 Å². The van der Waals surface area contributed by atoms with Crippen molar-refractivity contribution in [2.75, 3.05) is 0 Å². The second kappa shape index (κ2) is 8.22. The maximum Gasteiger partial charge on any atom is 0.0577 e. The van der Waals surface area contributed by atoms with Crippen LogP contribution in [0.4, 0.5) is 0 Å². The van der Waals surface area contributed by atoms with Gasteiger partial charge in [-0.05, 0) is 117 Å². The van der Waals surface area contributed by atoms with Crippen molar-refractivity contribution in [1.82, 2.24) is 0 Å². The molecule has 5 aliphatic carbocycles. The van der Waals surface area contributed by atoms with Crippen LogP contribution in [0, 0.1) is 40.4 Å². The summed E-state index contributed by atoms with van der Waals surface area (Å²) in [6.07, 6.45) is 21.4. The van der Waals surface area contributed by atoms with Crippen molar-refractivity contribution in [2.45, 2.75) is 122 Å². The van der Waals surface area contributed by atoms with E-state index < -0.39 is 0 Å². The van der Waals surface area contributed by atoms with E-state index in [1.165, 1.54) is 77.0 Å². The molecule has 170 valence electrons. The van der Waals surface area contributed by atoms with E-state index in [9.17, 15) is 10.2 Å². The van der Waals surface area contributed by atoms with Crippen molar-refractivity contribution >= 4 is 0 Å². The zero-order valence-electron chi connectivity index (χ0n) is 19.6. The Labute approximate surface area is 184 Å². The van der Waals surface area contributed by atoms with Crippen LogP contribution in [-0.4, -0.2) is 22.4 Å². The van der Waals surface area contributed by atoms with Crippen LogP contribution in [0.1, 0.15) is 110 Å². The summed E-state index contributed by atoms with van der Waals surface area (Å²) >= 11 is 0. The molecule has 0 aromatic carbocycles. The van der Waals surface area contributed by atoms with E-state index in [4.69, 9.17) is 0 Å². The van der Waals surface area contributed by atoms with Gasteiger partial charge in [0.2, 0.25) is 0 Å². The summed E-state index contributed by atoms with van der Waals surface area (Å²) in [5.74, 6) is 4.12. The van der Waals surface area contributed by atoms with Crippen molar-refractivity contribution in [3.05, 3.63) is 11.6 Å². The average Bonchev–Trinajstić information content (AvgIpc) is 3.37. The molecule has 5 rings (SSSR count). The Hall–Kier alpha value is -0.340. The van der Waals surface area contributed by atoms with Crippen LogP contribution in [0.15, 0.2) is 11.6 Å². The van der Waals surface area contributed by atoms with Crippen LogP contribution in [0.3, 0.4) is 0 Å². The van der Waals surface area contributed by atoms with Crippen LogP contribution < -0.4 is 0 Å². The summed E-state index contributed by atoms with van der Waals surface area (Å²) in [5.41, 5.74) is 2.50. The van der Waals surface area contributed by atoms with Gasteiger partial charge in [-0.2, -0.15) is 0 Å².